The SMILES string of the molecule is COC(=O)N1CC(C)N(c2nc3c(C(=O)NC4CC5CCCC(C4)N5C)cccc3o2)C(C)C1. The standard InChI is InChI=1S/C25H35N5O4/c1-15-13-29(25(32)33-4)14-16(2)30(15)24-27-22-20(9-6-10-21(22)34-24)23(31)26-17-11-18-7-5-8-19(12-17)28(18)3/h6,9-10,15-19H,5,7-8,11-14H2,1-4H3,(H,26,31). The van der Waals surface area contributed by atoms with E-state index in [9.17, 15) is 9.59 Å². The van der Waals surface area contributed by atoms with Crippen LogP contribution in [0.15, 0.2) is 22.6 Å². The maximum Gasteiger partial charge on any atom is 0.409 e. The first-order valence-electron chi connectivity index (χ1n) is 12.4. The molecule has 1 N–H and O–H groups in total. The van der Waals surface area contributed by atoms with Crippen LogP contribution in [-0.2, 0) is 4.74 Å². The number of aromatic nitrogens is 1. The van der Waals surface area contributed by atoms with Gasteiger partial charge in [-0.3, -0.25) is 4.79 Å². The van der Waals surface area contributed by atoms with E-state index in [0.717, 1.165) is 12.8 Å². The number of nitrogens with zero attached hydrogens (tertiary/aromatic N) is 4. The number of nitrogens with one attached hydrogen (secondary N) is 1. The number of methoxy groups -OCH3 is 1. The predicted molar refractivity (Wildman–Crippen MR) is 129 cm³/mol. The molecule has 2 bridgehead atoms. The molecule has 3 fully saturated rings. The van der Waals surface area contributed by atoms with Crippen molar-refractivity contribution in [1.82, 2.24) is 20.1 Å². The summed E-state index contributed by atoms with van der Waals surface area (Å²) in [5.41, 5.74) is 1.72. The van der Waals surface area contributed by atoms with Crippen molar-refractivity contribution >= 4 is 29.1 Å². The first-order valence-corrected chi connectivity index (χ1v) is 12.4. The van der Waals surface area contributed by atoms with E-state index < -0.39 is 0 Å². The van der Waals surface area contributed by atoms with Gasteiger partial charge in [0.15, 0.2) is 5.58 Å². The summed E-state index contributed by atoms with van der Waals surface area (Å²) in [4.78, 5) is 36.4. The fourth-order valence-electron chi connectivity index (χ4n) is 6.21. The van der Waals surface area contributed by atoms with E-state index in [2.05, 4.69) is 22.2 Å². The number of hydrogen-bond donors (Lipinski definition) is 1. The molecule has 3 aliphatic heterocycles. The lowest BCUT2D eigenvalue weighted by Gasteiger charge is -2.47. The summed E-state index contributed by atoms with van der Waals surface area (Å²) < 4.78 is 11.0. The van der Waals surface area contributed by atoms with E-state index in [-0.39, 0.29) is 30.1 Å². The fraction of sp³-hybridized carbons (Fsp3) is 0.640. The Balaban J connectivity index is 1.35. The van der Waals surface area contributed by atoms with Gasteiger partial charge in [-0.2, -0.15) is 4.98 Å². The van der Waals surface area contributed by atoms with Crippen LogP contribution in [0.1, 0.15) is 56.3 Å². The lowest BCUT2D eigenvalue weighted by Crippen LogP contribution is -2.58. The van der Waals surface area contributed by atoms with Gasteiger partial charge in [0.05, 0.1) is 12.7 Å². The van der Waals surface area contributed by atoms with Crippen molar-refractivity contribution in [2.75, 3.05) is 32.1 Å². The van der Waals surface area contributed by atoms with Crippen LogP contribution in [0.25, 0.3) is 11.1 Å². The maximum absolute atomic E-state index is 13.3. The normalized spacial score (nSPS) is 29.8. The number of oxazole rings is 1. The van der Waals surface area contributed by atoms with Crippen molar-refractivity contribution in [3.8, 4) is 0 Å². The summed E-state index contributed by atoms with van der Waals surface area (Å²) in [6.45, 7) is 5.10. The van der Waals surface area contributed by atoms with Gasteiger partial charge in [-0.1, -0.05) is 12.5 Å². The number of fused-ring (bicyclic) bond motifs is 3. The Morgan fingerprint density at radius 2 is 1.79 bits per heavy atom. The summed E-state index contributed by atoms with van der Waals surface area (Å²) in [6, 6.07) is 7.28. The summed E-state index contributed by atoms with van der Waals surface area (Å²) in [6.07, 6.45) is 5.37. The molecular weight excluding hydrogens is 434 g/mol. The molecule has 1 aromatic carbocycles. The number of piperazine rings is 1. The van der Waals surface area contributed by atoms with Gasteiger partial charge >= 0.3 is 6.09 Å². The van der Waals surface area contributed by atoms with Crippen molar-refractivity contribution < 1.29 is 18.7 Å². The van der Waals surface area contributed by atoms with Gasteiger partial charge in [-0.15, -0.1) is 0 Å². The third-order valence-corrected chi connectivity index (χ3v) is 7.90. The van der Waals surface area contributed by atoms with Crippen molar-refractivity contribution in [1.29, 1.82) is 0 Å². The quantitative estimate of drug-likeness (QED) is 0.738. The molecule has 9 nitrogen and oxygen atoms in total. The van der Waals surface area contributed by atoms with E-state index in [0.29, 0.717) is 47.9 Å². The third-order valence-electron chi connectivity index (χ3n) is 7.90. The minimum absolute atomic E-state index is 0.00757. The number of carbonyl (C=O) groups excluding carboxylic acids is 2. The molecule has 3 aliphatic rings. The Morgan fingerprint density at radius 1 is 1.12 bits per heavy atom. The zero-order valence-corrected chi connectivity index (χ0v) is 20.5. The molecule has 1 aromatic heterocycles. The highest BCUT2D eigenvalue weighted by atomic mass is 16.5. The highest BCUT2D eigenvalue weighted by Crippen LogP contribution is 2.33. The number of anilines is 1. The minimum atomic E-state index is -0.326. The summed E-state index contributed by atoms with van der Waals surface area (Å²) in [5, 5.41) is 3.29. The van der Waals surface area contributed by atoms with Crippen LogP contribution in [-0.4, -0.2) is 84.2 Å². The molecule has 4 heterocycles. The topological polar surface area (TPSA) is 91.1 Å². The van der Waals surface area contributed by atoms with Crippen LogP contribution >= 0.6 is 0 Å². The molecule has 34 heavy (non-hydrogen) atoms. The molecular formula is C25H35N5O4. The number of hydrogen-bond acceptors (Lipinski definition) is 7. The summed E-state index contributed by atoms with van der Waals surface area (Å²) in [7, 11) is 3.62. The van der Waals surface area contributed by atoms with Crippen LogP contribution in [0.5, 0.6) is 0 Å². The number of benzene rings is 1. The van der Waals surface area contributed by atoms with E-state index in [1.807, 2.05) is 32.0 Å². The molecule has 4 unspecified atom stereocenters. The van der Waals surface area contributed by atoms with E-state index in [4.69, 9.17) is 14.1 Å². The van der Waals surface area contributed by atoms with E-state index in [1.54, 1.807) is 4.90 Å². The Hall–Kier alpha value is -2.81. The molecule has 9 heteroatoms. The first-order chi connectivity index (χ1) is 16.4. The molecule has 3 saturated heterocycles. The van der Waals surface area contributed by atoms with Gasteiger partial charge < -0.3 is 29.2 Å². The average molecular weight is 470 g/mol. The van der Waals surface area contributed by atoms with E-state index in [1.165, 1.54) is 26.4 Å². The smallest absolute Gasteiger partial charge is 0.409 e. The van der Waals surface area contributed by atoms with Crippen molar-refractivity contribution in [2.45, 2.75) is 76.2 Å². The fourth-order valence-corrected chi connectivity index (χ4v) is 6.21. The van der Waals surface area contributed by atoms with Crippen LogP contribution in [0.2, 0.25) is 0 Å². The zero-order valence-electron chi connectivity index (χ0n) is 20.5. The summed E-state index contributed by atoms with van der Waals surface area (Å²) in [5.74, 6) is -0.0883. The summed E-state index contributed by atoms with van der Waals surface area (Å²) >= 11 is 0. The number of ether oxygens (including phenoxy) is 1. The molecule has 2 aromatic rings. The molecule has 184 valence electrons. The molecule has 0 saturated carbocycles. The average Bonchev–Trinajstić information content (AvgIpc) is 3.22. The lowest BCUT2D eigenvalue weighted by molar-refractivity contribution is 0.0463. The number of piperidine rings is 2. The first kappa shape index (κ1) is 23.0. The second kappa shape index (κ2) is 9.09. The molecule has 0 spiro atoms. The largest absolute Gasteiger partial charge is 0.453 e. The van der Waals surface area contributed by atoms with Gasteiger partial charge in [0.2, 0.25) is 0 Å². The lowest BCUT2D eigenvalue weighted by atomic mass is 9.82. The highest BCUT2D eigenvalue weighted by molar-refractivity contribution is 6.04. The van der Waals surface area contributed by atoms with Crippen molar-refractivity contribution in [3.63, 3.8) is 0 Å². The Morgan fingerprint density at radius 3 is 2.44 bits per heavy atom. The second-order valence-electron chi connectivity index (χ2n) is 10.2. The number of carbonyl (C=O) groups is 2. The van der Waals surface area contributed by atoms with Crippen LogP contribution < -0.4 is 10.2 Å². The second-order valence-corrected chi connectivity index (χ2v) is 10.2. The molecule has 2 amide bonds. The number of amides is 2. The number of para-hydroxylation sites is 1. The Bertz CT molecular complexity index is 1040. The minimum Gasteiger partial charge on any atom is -0.453 e. The van der Waals surface area contributed by atoms with Crippen molar-refractivity contribution in [3.05, 3.63) is 23.8 Å². The van der Waals surface area contributed by atoms with Gasteiger partial charge in [-0.05, 0) is 58.7 Å². The van der Waals surface area contributed by atoms with Gasteiger partial charge in [0.25, 0.3) is 11.9 Å². The van der Waals surface area contributed by atoms with E-state index >= 15 is 0 Å². The third kappa shape index (κ3) is 4.10. The Kier molecular flexibility index (Phi) is 6.14. The van der Waals surface area contributed by atoms with Gasteiger partial charge in [-0.25, -0.2) is 4.79 Å². The van der Waals surface area contributed by atoms with Gasteiger partial charge in [0, 0.05) is 43.3 Å². The number of rotatable bonds is 3. The molecule has 0 aliphatic carbocycles. The van der Waals surface area contributed by atoms with Crippen LogP contribution in [0.3, 0.4) is 0 Å². The molecule has 5 rings (SSSR count). The monoisotopic (exact) mass is 469 g/mol. The van der Waals surface area contributed by atoms with Crippen LogP contribution in [0.4, 0.5) is 10.8 Å². The molecule has 0 radical (unpaired) electrons. The van der Waals surface area contributed by atoms with Crippen LogP contribution in [0, 0.1) is 0 Å². The molecule has 4 atom stereocenters. The zero-order chi connectivity index (χ0) is 24.0. The van der Waals surface area contributed by atoms with Crippen molar-refractivity contribution in [2.24, 2.45) is 0 Å². The Labute approximate surface area is 200 Å². The highest BCUT2D eigenvalue weighted by Gasteiger charge is 2.37. The predicted octanol–water partition coefficient (Wildman–Crippen LogP) is 3.24. The maximum atomic E-state index is 13.3. The van der Waals surface area contributed by atoms with Gasteiger partial charge in [0.1, 0.15) is 5.52 Å².